The Hall–Kier alpha value is -1.39. The second-order valence-electron chi connectivity index (χ2n) is 8.25. The molecule has 2 bridgehead atoms. The molecule has 3 fully saturated rings. The van der Waals surface area contributed by atoms with Gasteiger partial charge in [-0.1, -0.05) is 13.3 Å². The van der Waals surface area contributed by atoms with Crippen LogP contribution in [0.25, 0.3) is 0 Å². The first-order chi connectivity index (χ1) is 12.0. The summed E-state index contributed by atoms with van der Waals surface area (Å²) in [5, 5.41) is 0. The normalized spacial score (nSPS) is 29.8. The van der Waals surface area contributed by atoms with Crippen molar-refractivity contribution >= 4 is 17.6 Å². The number of unbranched alkanes of at least 4 members (excludes halogenated alkanes) is 1. The van der Waals surface area contributed by atoms with Crippen LogP contribution in [0.5, 0.6) is 0 Å². The summed E-state index contributed by atoms with van der Waals surface area (Å²) in [5.41, 5.74) is 0. The molecule has 0 N–H and O–H groups in total. The zero-order valence-corrected chi connectivity index (χ0v) is 15.7. The molecule has 1 aliphatic heterocycles. The van der Waals surface area contributed by atoms with Crippen molar-refractivity contribution in [2.24, 2.45) is 23.7 Å². The molecule has 2 amide bonds. The predicted molar refractivity (Wildman–Crippen MR) is 95.8 cm³/mol. The van der Waals surface area contributed by atoms with Crippen LogP contribution in [0.3, 0.4) is 0 Å². The summed E-state index contributed by atoms with van der Waals surface area (Å²) in [6, 6.07) is 0. The number of carbonyl (C=O) groups excluding carboxylic acids is 3. The highest BCUT2D eigenvalue weighted by molar-refractivity contribution is 5.89. The van der Waals surface area contributed by atoms with Gasteiger partial charge in [-0.05, 0) is 44.9 Å². The van der Waals surface area contributed by atoms with Crippen LogP contribution in [-0.2, 0) is 14.4 Å². The monoisotopic (exact) mass is 348 g/mol. The first-order valence-electron chi connectivity index (χ1n) is 10.1. The Morgan fingerprint density at radius 2 is 1.64 bits per heavy atom. The number of nitrogens with zero attached hydrogens (tertiary/aromatic N) is 2. The van der Waals surface area contributed by atoms with Gasteiger partial charge in [0.1, 0.15) is 5.78 Å². The number of Topliss-reactive ketones (excluding diaryl/α,β-unsaturated/α-hetero) is 1. The molecule has 3 rings (SSSR count). The maximum Gasteiger partial charge on any atom is 0.225 e. The van der Waals surface area contributed by atoms with Gasteiger partial charge >= 0.3 is 0 Å². The Morgan fingerprint density at radius 3 is 2.20 bits per heavy atom. The Balaban J connectivity index is 1.48. The Kier molecular flexibility index (Phi) is 5.80. The molecule has 2 saturated carbocycles. The van der Waals surface area contributed by atoms with E-state index < -0.39 is 0 Å². The van der Waals surface area contributed by atoms with Crippen LogP contribution in [0.4, 0.5) is 0 Å². The number of likely N-dealkylation sites (tertiary alicyclic amines) is 1. The van der Waals surface area contributed by atoms with Crippen molar-refractivity contribution in [3.63, 3.8) is 0 Å². The van der Waals surface area contributed by atoms with Gasteiger partial charge in [0.25, 0.3) is 0 Å². The number of fused-ring (bicyclic) bond motifs is 2. The van der Waals surface area contributed by atoms with Gasteiger partial charge in [-0.25, -0.2) is 0 Å². The lowest BCUT2D eigenvalue weighted by molar-refractivity contribution is -0.144. The number of hydrogen-bond donors (Lipinski definition) is 0. The minimum Gasteiger partial charge on any atom is -0.346 e. The van der Waals surface area contributed by atoms with Crippen LogP contribution in [0, 0.1) is 23.7 Å². The summed E-state index contributed by atoms with van der Waals surface area (Å²) in [4.78, 5) is 41.2. The summed E-state index contributed by atoms with van der Waals surface area (Å²) < 4.78 is 0. The smallest absolute Gasteiger partial charge is 0.225 e. The largest absolute Gasteiger partial charge is 0.346 e. The summed E-state index contributed by atoms with van der Waals surface area (Å²) in [6.07, 6.45) is 7.17. The third kappa shape index (κ3) is 3.90. The third-order valence-electron chi connectivity index (χ3n) is 6.53. The molecule has 0 radical (unpaired) electrons. The number of rotatable bonds is 5. The van der Waals surface area contributed by atoms with E-state index in [1.165, 1.54) is 0 Å². The van der Waals surface area contributed by atoms with Crippen molar-refractivity contribution in [2.45, 2.75) is 58.3 Å². The molecule has 1 heterocycles. The molecule has 0 aromatic heterocycles. The second kappa shape index (κ2) is 7.88. The molecular weight excluding hydrogens is 316 g/mol. The van der Waals surface area contributed by atoms with E-state index in [2.05, 4.69) is 6.92 Å². The molecule has 5 heteroatoms. The molecule has 2 unspecified atom stereocenters. The SMILES string of the molecule is CCCCN(C)C(=O)C1CCN(C(=O)C2CC3CCC(C2)C3=O)CC1. The van der Waals surface area contributed by atoms with Crippen LogP contribution < -0.4 is 0 Å². The maximum atomic E-state index is 12.8. The van der Waals surface area contributed by atoms with Gasteiger partial charge in [-0.15, -0.1) is 0 Å². The minimum atomic E-state index is 0.0367. The second-order valence-corrected chi connectivity index (χ2v) is 8.25. The molecule has 2 aliphatic carbocycles. The minimum absolute atomic E-state index is 0.0367. The van der Waals surface area contributed by atoms with Gasteiger partial charge < -0.3 is 9.80 Å². The molecule has 25 heavy (non-hydrogen) atoms. The lowest BCUT2D eigenvalue weighted by Gasteiger charge is -2.36. The van der Waals surface area contributed by atoms with Crippen molar-refractivity contribution in [1.29, 1.82) is 0 Å². The van der Waals surface area contributed by atoms with Crippen molar-refractivity contribution in [3.05, 3.63) is 0 Å². The Bertz CT molecular complexity index is 509. The van der Waals surface area contributed by atoms with Crippen LogP contribution in [-0.4, -0.2) is 54.1 Å². The first kappa shape index (κ1) is 18.4. The first-order valence-corrected chi connectivity index (χ1v) is 10.1. The number of hydrogen-bond acceptors (Lipinski definition) is 3. The summed E-state index contributed by atoms with van der Waals surface area (Å²) in [7, 11) is 1.89. The summed E-state index contributed by atoms with van der Waals surface area (Å²) in [6.45, 7) is 4.34. The molecular formula is C20H32N2O3. The number of amides is 2. The van der Waals surface area contributed by atoms with Crippen LogP contribution in [0.1, 0.15) is 58.3 Å². The molecule has 0 aromatic rings. The van der Waals surface area contributed by atoms with Crippen molar-refractivity contribution in [1.82, 2.24) is 9.80 Å². The van der Waals surface area contributed by atoms with Crippen molar-refractivity contribution in [2.75, 3.05) is 26.7 Å². The average molecular weight is 348 g/mol. The molecule has 5 nitrogen and oxygen atoms in total. The molecule has 140 valence electrons. The average Bonchev–Trinajstić information content (AvgIpc) is 2.85. The Morgan fingerprint density at radius 1 is 1.04 bits per heavy atom. The highest BCUT2D eigenvalue weighted by Crippen LogP contribution is 2.42. The topological polar surface area (TPSA) is 57.7 Å². The van der Waals surface area contributed by atoms with Crippen molar-refractivity contribution in [3.8, 4) is 0 Å². The lowest BCUT2D eigenvalue weighted by Crippen LogP contribution is -2.46. The van der Waals surface area contributed by atoms with Gasteiger partial charge in [0.2, 0.25) is 11.8 Å². The van der Waals surface area contributed by atoms with Gasteiger partial charge in [0, 0.05) is 50.4 Å². The molecule has 0 aromatic carbocycles. The fraction of sp³-hybridized carbons (Fsp3) is 0.850. The van der Waals surface area contributed by atoms with Crippen LogP contribution in [0.2, 0.25) is 0 Å². The highest BCUT2D eigenvalue weighted by Gasteiger charge is 2.44. The Labute approximate surface area is 151 Å². The predicted octanol–water partition coefficient (Wildman–Crippen LogP) is 2.49. The van der Waals surface area contributed by atoms with E-state index in [0.717, 1.165) is 57.9 Å². The fourth-order valence-electron chi connectivity index (χ4n) is 4.90. The van der Waals surface area contributed by atoms with Crippen LogP contribution >= 0.6 is 0 Å². The molecule has 2 atom stereocenters. The zero-order valence-electron chi connectivity index (χ0n) is 15.7. The number of ketones is 1. The molecule has 0 spiro atoms. The van der Waals surface area contributed by atoms with E-state index in [-0.39, 0.29) is 35.5 Å². The van der Waals surface area contributed by atoms with E-state index in [9.17, 15) is 14.4 Å². The van der Waals surface area contributed by atoms with Crippen molar-refractivity contribution < 1.29 is 14.4 Å². The number of piperidine rings is 1. The zero-order chi connectivity index (χ0) is 18.0. The van der Waals surface area contributed by atoms with Crippen LogP contribution in [0.15, 0.2) is 0 Å². The number of carbonyl (C=O) groups is 3. The van der Waals surface area contributed by atoms with E-state index in [0.29, 0.717) is 18.9 Å². The van der Waals surface area contributed by atoms with E-state index >= 15 is 0 Å². The van der Waals surface area contributed by atoms with Gasteiger partial charge in [-0.3, -0.25) is 14.4 Å². The van der Waals surface area contributed by atoms with E-state index in [1.54, 1.807) is 0 Å². The lowest BCUT2D eigenvalue weighted by atomic mass is 9.79. The summed E-state index contributed by atoms with van der Waals surface area (Å²) >= 11 is 0. The summed E-state index contributed by atoms with van der Waals surface area (Å²) in [5.74, 6) is 1.25. The quantitative estimate of drug-likeness (QED) is 0.767. The standard InChI is InChI=1S/C20H32N2O3/c1-3-4-9-21(2)19(24)14-7-10-22(11-8-14)20(25)17-12-15-5-6-16(13-17)18(15)23/h14-17H,3-13H2,1-2H3. The maximum absolute atomic E-state index is 12.8. The molecule has 1 saturated heterocycles. The third-order valence-corrected chi connectivity index (χ3v) is 6.53. The molecule has 3 aliphatic rings. The van der Waals surface area contributed by atoms with Gasteiger partial charge in [0.05, 0.1) is 0 Å². The van der Waals surface area contributed by atoms with Gasteiger partial charge in [-0.2, -0.15) is 0 Å². The fourth-order valence-corrected chi connectivity index (χ4v) is 4.90. The highest BCUT2D eigenvalue weighted by atomic mass is 16.2. The van der Waals surface area contributed by atoms with E-state index in [1.807, 2.05) is 16.8 Å². The van der Waals surface area contributed by atoms with Gasteiger partial charge in [0.15, 0.2) is 0 Å². The van der Waals surface area contributed by atoms with E-state index in [4.69, 9.17) is 0 Å².